The molecule has 0 saturated carbocycles. The lowest BCUT2D eigenvalue weighted by atomic mass is 9.90. The highest BCUT2D eigenvalue weighted by Crippen LogP contribution is 2.28. The molecule has 1 aliphatic rings. The molecule has 20 heavy (non-hydrogen) atoms. The molecule has 1 aliphatic heterocycles. The van der Waals surface area contributed by atoms with Crippen molar-refractivity contribution in [2.45, 2.75) is 45.1 Å². The van der Waals surface area contributed by atoms with Gasteiger partial charge < -0.3 is 15.2 Å². The van der Waals surface area contributed by atoms with Crippen LogP contribution < -0.4 is 5.32 Å². The van der Waals surface area contributed by atoms with Gasteiger partial charge in [-0.25, -0.2) is 4.98 Å². The number of anilines is 1. The number of rotatable bonds is 6. The Labute approximate surface area is 123 Å². The molecule has 0 bridgehead atoms. The van der Waals surface area contributed by atoms with Gasteiger partial charge in [-0.1, -0.05) is 6.92 Å². The van der Waals surface area contributed by atoms with Gasteiger partial charge in [0.1, 0.15) is 5.41 Å². The Hall–Kier alpha value is -1.14. The molecule has 1 aromatic heterocycles. The number of nitrogens with one attached hydrogen (secondary N) is 1. The maximum Gasteiger partial charge on any atom is 0.315 e. The summed E-state index contributed by atoms with van der Waals surface area (Å²) in [7, 11) is 0. The smallest absolute Gasteiger partial charge is 0.315 e. The molecule has 0 spiro atoms. The highest BCUT2D eigenvalue weighted by Gasteiger charge is 2.32. The predicted molar refractivity (Wildman–Crippen MR) is 79.4 cm³/mol. The number of carbonyl (C=O) groups is 1. The van der Waals surface area contributed by atoms with Crippen LogP contribution in [0.2, 0.25) is 0 Å². The van der Waals surface area contributed by atoms with Gasteiger partial charge in [-0.3, -0.25) is 4.79 Å². The van der Waals surface area contributed by atoms with Gasteiger partial charge in [0.15, 0.2) is 5.13 Å². The number of aromatic nitrogens is 1. The average Bonchev–Trinajstić information content (AvgIpc) is 3.05. The van der Waals surface area contributed by atoms with Crippen LogP contribution in [0.15, 0.2) is 5.38 Å². The quantitative estimate of drug-likeness (QED) is 0.845. The van der Waals surface area contributed by atoms with Crippen molar-refractivity contribution in [2.75, 3.05) is 18.5 Å². The summed E-state index contributed by atoms with van der Waals surface area (Å²) in [5.41, 5.74) is -0.342. The Kier molecular flexibility index (Phi) is 4.65. The van der Waals surface area contributed by atoms with Crippen molar-refractivity contribution in [1.82, 2.24) is 4.98 Å². The molecule has 5 nitrogen and oxygen atoms in total. The molecule has 1 fully saturated rings. The molecule has 1 saturated heterocycles. The first kappa shape index (κ1) is 15.3. The van der Waals surface area contributed by atoms with Crippen LogP contribution in [0.25, 0.3) is 0 Å². The van der Waals surface area contributed by atoms with Crippen molar-refractivity contribution in [2.24, 2.45) is 5.92 Å². The van der Waals surface area contributed by atoms with Crippen LogP contribution >= 0.6 is 11.3 Å². The van der Waals surface area contributed by atoms with Crippen LogP contribution in [0.3, 0.4) is 0 Å². The second kappa shape index (κ2) is 6.10. The molecule has 2 atom stereocenters. The van der Waals surface area contributed by atoms with E-state index >= 15 is 0 Å². The van der Waals surface area contributed by atoms with Crippen molar-refractivity contribution in [3.8, 4) is 0 Å². The summed E-state index contributed by atoms with van der Waals surface area (Å²) in [6.07, 6.45) is 2.43. The lowest BCUT2D eigenvalue weighted by Crippen LogP contribution is -2.29. The third-order valence-corrected chi connectivity index (χ3v) is 4.74. The zero-order valence-electron chi connectivity index (χ0n) is 12.2. The molecule has 6 heteroatoms. The van der Waals surface area contributed by atoms with Crippen LogP contribution in [-0.2, 0) is 14.9 Å². The van der Waals surface area contributed by atoms with Crippen LogP contribution in [0.5, 0.6) is 0 Å². The minimum Gasteiger partial charge on any atom is -0.481 e. The molecular weight excluding hydrogens is 276 g/mol. The SMILES string of the molecule is CCC1OCCC1CNc1nc(C(C)(C)C(=O)O)cs1. The molecular formula is C14H22N2O3S. The largest absolute Gasteiger partial charge is 0.481 e. The molecule has 2 N–H and O–H groups in total. The summed E-state index contributed by atoms with van der Waals surface area (Å²) in [6, 6.07) is 0. The first-order chi connectivity index (χ1) is 9.45. The number of hydrogen-bond acceptors (Lipinski definition) is 5. The Morgan fingerprint density at radius 3 is 3.05 bits per heavy atom. The second-order valence-corrected chi connectivity index (χ2v) is 6.57. The van der Waals surface area contributed by atoms with Gasteiger partial charge >= 0.3 is 5.97 Å². The van der Waals surface area contributed by atoms with E-state index in [-0.39, 0.29) is 0 Å². The highest BCUT2D eigenvalue weighted by molar-refractivity contribution is 7.13. The fourth-order valence-corrected chi connectivity index (χ4v) is 3.24. The van der Waals surface area contributed by atoms with Gasteiger partial charge in [0.25, 0.3) is 0 Å². The monoisotopic (exact) mass is 298 g/mol. The fourth-order valence-electron chi connectivity index (χ4n) is 2.35. The first-order valence-electron chi connectivity index (χ1n) is 7.00. The zero-order valence-corrected chi connectivity index (χ0v) is 13.0. The van der Waals surface area contributed by atoms with E-state index in [0.717, 1.165) is 31.1 Å². The maximum atomic E-state index is 11.2. The number of ether oxygens (including phenoxy) is 1. The topological polar surface area (TPSA) is 71.5 Å². The number of thiazole rings is 1. The zero-order chi connectivity index (χ0) is 14.8. The Bertz CT molecular complexity index is 473. The number of carboxylic acids is 1. The third kappa shape index (κ3) is 3.12. The number of hydrogen-bond donors (Lipinski definition) is 2. The van der Waals surface area contributed by atoms with Gasteiger partial charge in [0, 0.05) is 24.4 Å². The maximum absolute atomic E-state index is 11.2. The van der Waals surface area contributed by atoms with E-state index in [0.29, 0.717) is 17.7 Å². The number of carboxylic acid groups (broad SMARTS) is 1. The number of aliphatic carboxylic acids is 1. The normalized spacial score (nSPS) is 22.9. The molecule has 0 amide bonds. The van der Waals surface area contributed by atoms with Gasteiger partial charge in [-0.05, 0) is 26.7 Å². The van der Waals surface area contributed by atoms with Crippen molar-refractivity contribution in [3.05, 3.63) is 11.1 Å². The van der Waals surface area contributed by atoms with Gasteiger partial charge in [-0.2, -0.15) is 0 Å². The van der Waals surface area contributed by atoms with Gasteiger partial charge in [0.2, 0.25) is 0 Å². The third-order valence-electron chi connectivity index (χ3n) is 3.94. The molecule has 0 aliphatic carbocycles. The second-order valence-electron chi connectivity index (χ2n) is 5.72. The van der Waals surface area contributed by atoms with Gasteiger partial charge in [0.05, 0.1) is 11.8 Å². The summed E-state index contributed by atoms with van der Waals surface area (Å²) < 4.78 is 5.66. The summed E-state index contributed by atoms with van der Waals surface area (Å²) in [4.78, 5) is 15.6. The summed E-state index contributed by atoms with van der Waals surface area (Å²) >= 11 is 1.46. The molecule has 0 radical (unpaired) electrons. The van der Waals surface area contributed by atoms with E-state index in [9.17, 15) is 9.90 Å². The van der Waals surface area contributed by atoms with E-state index < -0.39 is 11.4 Å². The Balaban J connectivity index is 1.95. The first-order valence-corrected chi connectivity index (χ1v) is 7.88. The molecule has 112 valence electrons. The number of nitrogens with zero attached hydrogens (tertiary/aromatic N) is 1. The van der Waals surface area contributed by atoms with Crippen LogP contribution in [0.1, 0.15) is 39.3 Å². The highest BCUT2D eigenvalue weighted by atomic mass is 32.1. The van der Waals surface area contributed by atoms with Crippen LogP contribution in [0, 0.1) is 5.92 Å². The van der Waals surface area contributed by atoms with E-state index in [1.807, 2.05) is 5.38 Å². The Morgan fingerprint density at radius 1 is 1.65 bits per heavy atom. The molecule has 2 rings (SSSR count). The van der Waals surface area contributed by atoms with Crippen molar-refractivity contribution >= 4 is 22.4 Å². The summed E-state index contributed by atoms with van der Waals surface area (Å²) in [6.45, 7) is 7.15. The molecule has 0 aromatic carbocycles. The standard InChI is InChI=1S/C14H22N2O3S/c1-4-10-9(5-6-19-10)7-15-13-16-11(8-20-13)14(2,3)12(17)18/h8-10H,4-7H2,1-3H3,(H,15,16)(H,17,18). The predicted octanol–water partition coefficient (Wildman–Crippen LogP) is 2.73. The van der Waals surface area contributed by atoms with Crippen molar-refractivity contribution in [3.63, 3.8) is 0 Å². The van der Waals surface area contributed by atoms with Crippen LogP contribution in [0.4, 0.5) is 5.13 Å². The molecule has 2 heterocycles. The van der Waals surface area contributed by atoms with Crippen molar-refractivity contribution in [1.29, 1.82) is 0 Å². The minimum atomic E-state index is -0.946. The lowest BCUT2D eigenvalue weighted by molar-refractivity contribution is -0.142. The lowest BCUT2D eigenvalue weighted by Gasteiger charge is -2.17. The fraction of sp³-hybridized carbons (Fsp3) is 0.714. The van der Waals surface area contributed by atoms with Crippen LogP contribution in [-0.4, -0.2) is 35.3 Å². The van der Waals surface area contributed by atoms with E-state index in [1.54, 1.807) is 13.8 Å². The molecule has 1 aromatic rings. The average molecular weight is 298 g/mol. The minimum absolute atomic E-state index is 0.331. The summed E-state index contributed by atoms with van der Waals surface area (Å²) in [5.74, 6) is -0.343. The van der Waals surface area contributed by atoms with Crippen molar-refractivity contribution < 1.29 is 14.6 Å². The Morgan fingerprint density at radius 2 is 2.40 bits per heavy atom. The van der Waals surface area contributed by atoms with E-state index in [1.165, 1.54) is 11.3 Å². The van der Waals surface area contributed by atoms with E-state index in [4.69, 9.17) is 4.74 Å². The molecule has 2 unspecified atom stereocenters. The summed E-state index contributed by atoms with van der Waals surface area (Å²) in [5, 5.41) is 15.1. The van der Waals surface area contributed by atoms with E-state index in [2.05, 4.69) is 17.2 Å². The van der Waals surface area contributed by atoms with Gasteiger partial charge in [-0.15, -0.1) is 11.3 Å².